The second-order valence-electron chi connectivity index (χ2n) is 4.29. The molecule has 1 N–H and O–H groups in total. The first-order valence-electron chi connectivity index (χ1n) is 5.98. The highest BCUT2D eigenvalue weighted by Crippen LogP contribution is 2.02. The van der Waals surface area contributed by atoms with Crippen molar-refractivity contribution in [1.82, 2.24) is 10.2 Å². The number of ether oxygens (including phenoxy) is 1. The van der Waals surface area contributed by atoms with Crippen molar-refractivity contribution in [2.75, 3.05) is 40.4 Å². The average molecular weight is 244 g/mol. The first kappa shape index (κ1) is 16.1. The van der Waals surface area contributed by atoms with Gasteiger partial charge in [0, 0.05) is 19.6 Å². The maximum absolute atomic E-state index is 11.6. The summed E-state index contributed by atoms with van der Waals surface area (Å²) in [5.74, 6) is 0.162. The fourth-order valence-corrected chi connectivity index (χ4v) is 1.30. The Morgan fingerprint density at radius 2 is 2.00 bits per heavy atom. The molecule has 0 aliphatic carbocycles. The Balaban J connectivity index is 3.81. The average Bonchev–Trinajstić information content (AvgIpc) is 2.27. The lowest BCUT2D eigenvalue weighted by molar-refractivity contribution is -0.125. The van der Waals surface area contributed by atoms with Gasteiger partial charge in [-0.3, -0.25) is 14.5 Å². The van der Waals surface area contributed by atoms with E-state index in [1.54, 1.807) is 19.1 Å². The van der Waals surface area contributed by atoms with E-state index in [1.807, 2.05) is 13.8 Å². The molecule has 0 rings (SSSR count). The Morgan fingerprint density at radius 3 is 2.53 bits per heavy atom. The minimum absolute atomic E-state index is 0.0639. The van der Waals surface area contributed by atoms with Crippen LogP contribution in [0.2, 0.25) is 0 Å². The van der Waals surface area contributed by atoms with Gasteiger partial charge in [0.05, 0.1) is 19.7 Å². The molecular formula is C12H24N2O3. The number of amides is 1. The number of nitrogens with zero attached hydrogens (tertiary/aromatic N) is 1. The van der Waals surface area contributed by atoms with Crippen LogP contribution in [-0.2, 0) is 14.3 Å². The highest BCUT2D eigenvalue weighted by molar-refractivity contribution is 5.83. The number of nitrogens with one attached hydrogen (secondary N) is 1. The summed E-state index contributed by atoms with van der Waals surface area (Å²) >= 11 is 0. The SMILES string of the molecule is CCC(C)C(=O)CN(C)CC(=O)NCCOC. The molecule has 5 heteroatoms. The molecule has 0 spiro atoms. The zero-order valence-electron chi connectivity index (χ0n) is 11.3. The lowest BCUT2D eigenvalue weighted by atomic mass is 10.0. The number of methoxy groups -OCH3 is 1. The van der Waals surface area contributed by atoms with E-state index in [0.29, 0.717) is 19.7 Å². The van der Waals surface area contributed by atoms with Crippen LogP contribution in [0.3, 0.4) is 0 Å². The molecule has 0 aromatic heterocycles. The Bertz CT molecular complexity index is 244. The summed E-state index contributed by atoms with van der Waals surface area (Å²) in [6.07, 6.45) is 0.840. The molecule has 0 saturated carbocycles. The molecule has 1 amide bonds. The van der Waals surface area contributed by atoms with E-state index in [4.69, 9.17) is 4.74 Å². The van der Waals surface area contributed by atoms with Crippen molar-refractivity contribution < 1.29 is 14.3 Å². The van der Waals surface area contributed by atoms with Gasteiger partial charge < -0.3 is 10.1 Å². The number of hydrogen-bond donors (Lipinski definition) is 1. The Hall–Kier alpha value is -0.940. The highest BCUT2D eigenvalue weighted by Gasteiger charge is 2.14. The molecule has 5 nitrogen and oxygen atoms in total. The van der Waals surface area contributed by atoms with Gasteiger partial charge in [-0.05, 0) is 13.5 Å². The molecule has 1 atom stereocenters. The van der Waals surface area contributed by atoms with Crippen molar-refractivity contribution in [3.05, 3.63) is 0 Å². The minimum Gasteiger partial charge on any atom is -0.383 e. The van der Waals surface area contributed by atoms with Gasteiger partial charge in [-0.2, -0.15) is 0 Å². The number of Topliss-reactive ketones (excluding diaryl/α,β-unsaturated/α-hetero) is 1. The first-order valence-corrected chi connectivity index (χ1v) is 5.98. The van der Waals surface area contributed by atoms with E-state index < -0.39 is 0 Å². The van der Waals surface area contributed by atoms with Crippen LogP contribution in [0.5, 0.6) is 0 Å². The number of ketones is 1. The van der Waals surface area contributed by atoms with E-state index >= 15 is 0 Å². The standard InChI is InChI=1S/C12H24N2O3/c1-5-10(2)11(15)8-14(3)9-12(16)13-6-7-17-4/h10H,5-9H2,1-4H3,(H,13,16). The van der Waals surface area contributed by atoms with Crippen LogP contribution in [0.4, 0.5) is 0 Å². The number of carbonyl (C=O) groups excluding carboxylic acids is 2. The second kappa shape index (κ2) is 9.13. The van der Waals surface area contributed by atoms with Crippen molar-refractivity contribution in [3.63, 3.8) is 0 Å². The van der Waals surface area contributed by atoms with E-state index in [2.05, 4.69) is 5.32 Å². The first-order chi connectivity index (χ1) is 8.01. The van der Waals surface area contributed by atoms with Crippen LogP contribution >= 0.6 is 0 Å². The summed E-state index contributed by atoms with van der Waals surface area (Å²) in [6, 6.07) is 0. The predicted octanol–water partition coefficient (Wildman–Crippen LogP) is 0.296. The molecule has 17 heavy (non-hydrogen) atoms. The van der Waals surface area contributed by atoms with Crippen LogP contribution in [0.25, 0.3) is 0 Å². The van der Waals surface area contributed by atoms with Crippen molar-refractivity contribution in [2.24, 2.45) is 5.92 Å². The topological polar surface area (TPSA) is 58.6 Å². The molecule has 0 fully saturated rings. The quantitative estimate of drug-likeness (QED) is 0.593. The zero-order valence-corrected chi connectivity index (χ0v) is 11.3. The van der Waals surface area contributed by atoms with Crippen molar-refractivity contribution in [1.29, 1.82) is 0 Å². The smallest absolute Gasteiger partial charge is 0.234 e. The molecule has 0 aliphatic rings. The predicted molar refractivity (Wildman–Crippen MR) is 66.8 cm³/mol. The van der Waals surface area contributed by atoms with Crippen LogP contribution in [0, 0.1) is 5.92 Å². The molecule has 0 aromatic carbocycles. The highest BCUT2D eigenvalue weighted by atomic mass is 16.5. The summed E-state index contributed by atoms with van der Waals surface area (Å²) in [4.78, 5) is 24.8. The largest absolute Gasteiger partial charge is 0.383 e. The summed E-state index contributed by atoms with van der Waals surface area (Å²) in [5.41, 5.74) is 0. The van der Waals surface area contributed by atoms with Crippen LogP contribution in [-0.4, -0.2) is 57.0 Å². The van der Waals surface area contributed by atoms with Gasteiger partial charge in [0.2, 0.25) is 5.91 Å². The third-order valence-corrected chi connectivity index (χ3v) is 2.63. The van der Waals surface area contributed by atoms with Crippen molar-refractivity contribution in [2.45, 2.75) is 20.3 Å². The number of likely N-dealkylation sites (N-methyl/N-ethyl adjacent to an activating group) is 1. The number of rotatable bonds is 9. The van der Waals surface area contributed by atoms with Gasteiger partial charge in [-0.25, -0.2) is 0 Å². The molecule has 0 aliphatic heterocycles. The lowest BCUT2D eigenvalue weighted by Crippen LogP contribution is -2.39. The van der Waals surface area contributed by atoms with Crippen LogP contribution < -0.4 is 5.32 Å². The van der Waals surface area contributed by atoms with E-state index in [-0.39, 0.29) is 24.2 Å². The molecular weight excluding hydrogens is 220 g/mol. The Morgan fingerprint density at radius 1 is 1.35 bits per heavy atom. The van der Waals surface area contributed by atoms with E-state index in [0.717, 1.165) is 6.42 Å². The van der Waals surface area contributed by atoms with E-state index in [1.165, 1.54) is 0 Å². The van der Waals surface area contributed by atoms with Gasteiger partial charge in [0.25, 0.3) is 0 Å². The number of hydrogen-bond acceptors (Lipinski definition) is 4. The normalized spacial score (nSPS) is 12.5. The molecule has 0 bridgehead atoms. The molecule has 0 saturated heterocycles. The third kappa shape index (κ3) is 7.88. The van der Waals surface area contributed by atoms with E-state index in [9.17, 15) is 9.59 Å². The van der Waals surface area contributed by atoms with Gasteiger partial charge in [0.15, 0.2) is 0 Å². The maximum Gasteiger partial charge on any atom is 0.234 e. The van der Waals surface area contributed by atoms with Gasteiger partial charge >= 0.3 is 0 Å². The van der Waals surface area contributed by atoms with Gasteiger partial charge in [-0.15, -0.1) is 0 Å². The zero-order chi connectivity index (χ0) is 13.3. The Kier molecular flexibility index (Phi) is 8.62. The third-order valence-electron chi connectivity index (χ3n) is 2.63. The van der Waals surface area contributed by atoms with Crippen LogP contribution in [0.15, 0.2) is 0 Å². The fraction of sp³-hybridized carbons (Fsp3) is 0.833. The van der Waals surface area contributed by atoms with Crippen molar-refractivity contribution >= 4 is 11.7 Å². The lowest BCUT2D eigenvalue weighted by Gasteiger charge is -2.17. The van der Waals surface area contributed by atoms with Crippen LogP contribution in [0.1, 0.15) is 20.3 Å². The molecule has 0 heterocycles. The number of carbonyl (C=O) groups is 2. The molecule has 1 unspecified atom stereocenters. The van der Waals surface area contributed by atoms with Gasteiger partial charge in [-0.1, -0.05) is 13.8 Å². The van der Waals surface area contributed by atoms with Gasteiger partial charge in [0.1, 0.15) is 5.78 Å². The summed E-state index contributed by atoms with van der Waals surface area (Å²) < 4.78 is 4.83. The summed E-state index contributed by atoms with van der Waals surface area (Å²) in [6.45, 7) is 5.47. The molecule has 0 aromatic rings. The summed E-state index contributed by atoms with van der Waals surface area (Å²) in [7, 11) is 3.36. The monoisotopic (exact) mass is 244 g/mol. The molecule has 100 valence electrons. The maximum atomic E-state index is 11.6. The minimum atomic E-state index is -0.0819. The Labute approximate surface area is 103 Å². The fourth-order valence-electron chi connectivity index (χ4n) is 1.30. The van der Waals surface area contributed by atoms with Crippen molar-refractivity contribution in [3.8, 4) is 0 Å². The molecule has 0 radical (unpaired) electrons. The second-order valence-corrected chi connectivity index (χ2v) is 4.29. The summed E-state index contributed by atoms with van der Waals surface area (Å²) in [5, 5.41) is 2.71.